The largest absolute Gasteiger partial charge is 0.336 e. The molecule has 1 N–H and O–H groups in total. The maximum atomic E-state index is 13.2. The normalized spacial score (nSPS) is 16.9. The number of thiophene rings is 1. The van der Waals surface area contributed by atoms with Gasteiger partial charge in [0.05, 0.1) is 26.8 Å². The van der Waals surface area contributed by atoms with E-state index in [-0.39, 0.29) is 32.7 Å². The summed E-state index contributed by atoms with van der Waals surface area (Å²) in [5.41, 5.74) is 1.25. The fourth-order valence-corrected chi connectivity index (χ4v) is 5.11. The Morgan fingerprint density at radius 3 is 2.67 bits per heavy atom. The Balaban J connectivity index is 1.64. The smallest absolute Gasteiger partial charge is 0.272 e. The lowest BCUT2D eigenvalue weighted by Crippen LogP contribution is -2.41. The molecule has 7 nitrogen and oxygen atoms in total. The first-order valence-electron chi connectivity index (χ1n) is 11.7. The summed E-state index contributed by atoms with van der Waals surface area (Å²) >= 11 is 0.742. The minimum Gasteiger partial charge on any atom is -0.336 e. The standard InChI is InChI=1S/C26H27F2N5O2S/c1-26(2,3)13-16(14-29)24(35)32-12-6-7-17(15-32)33-19-9-5-4-8-18(19)30-25(33)31-23(34)21-11-10-20(36-21)22(27)28/h4-5,8-11,13,17,22H,6-7,12,15H2,1-3H3,(H,30,31,34). The molecule has 3 heterocycles. The number of amides is 2. The number of halogens is 2. The number of nitrogens with one attached hydrogen (secondary N) is 1. The van der Waals surface area contributed by atoms with Crippen molar-refractivity contribution in [2.75, 3.05) is 18.4 Å². The maximum Gasteiger partial charge on any atom is 0.272 e. The van der Waals surface area contributed by atoms with Gasteiger partial charge in [0, 0.05) is 13.1 Å². The van der Waals surface area contributed by atoms with Gasteiger partial charge in [-0.25, -0.2) is 13.8 Å². The molecule has 1 atom stereocenters. The van der Waals surface area contributed by atoms with E-state index >= 15 is 0 Å². The minimum absolute atomic E-state index is 0.111. The van der Waals surface area contributed by atoms with Gasteiger partial charge in [0.2, 0.25) is 5.95 Å². The van der Waals surface area contributed by atoms with E-state index in [2.05, 4.69) is 10.3 Å². The third kappa shape index (κ3) is 5.46. The van der Waals surface area contributed by atoms with Crippen LogP contribution in [0.4, 0.5) is 14.7 Å². The number of fused-ring (bicyclic) bond motifs is 1. The second-order valence-electron chi connectivity index (χ2n) is 9.83. The number of alkyl halides is 2. The Hall–Kier alpha value is -3.58. The Labute approximate surface area is 212 Å². The fraction of sp³-hybridized carbons (Fsp3) is 0.385. The molecule has 0 radical (unpaired) electrons. The molecule has 1 aliphatic rings. The van der Waals surface area contributed by atoms with Crippen molar-refractivity contribution in [2.24, 2.45) is 5.41 Å². The van der Waals surface area contributed by atoms with Crippen molar-refractivity contribution in [2.45, 2.75) is 46.1 Å². The summed E-state index contributed by atoms with van der Waals surface area (Å²) in [7, 11) is 0. The predicted molar refractivity (Wildman–Crippen MR) is 135 cm³/mol. The van der Waals surface area contributed by atoms with Crippen LogP contribution in [-0.4, -0.2) is 39.4 Å². The number of hydrogen-bond acceptors (Lipinski definition) is 5. The van der Waals surface area contributed by atoms with Gasteiger partial charge in [-0.05, 0) is 42.5 Å². The van der Waals surface area contributed by atoms with Gasteiger partial charge in [0.1, 0.15) is 11.6 Å². The molecule has 0 saturated carbocycles. The van der Waals surface area contributed by atoms with E-state index in [4.69, 9.17) is 0 Å². The SMILES string of the molecule is CC(C)(C)C=C(C#N)C(=O)N1CCCC(n2c(NC(=O)c3ccc(C(F)F)s3)nc3ccccc32)C1. The zero-order valence-corrected chi connectivity index (χ0v) is 21.1. The number of benzene rings is 1. The van der Waals surface area contributed by atoms with Crippen molar-refractivity contribution in [3.05, 3.63) is 57.8 Å². The van der Waals surface area contributed by atoms with Crippen LogP contribution < -0.4 is 5.32 Å². The number of nitriles is 1. The van der Waals surface area contributed by atoms with Crippen LogP contribution in [-0.2, 0) is 4.79 Å². The zero-order chi connectivity index (χ0) is 26.0. The zero-order valence-electron chi connectivity index (χ0n) is 20.3. The summed E-state index contributed by atoms with van der Waals surface area (Å²) in [5.74, 6) is -0.546. The number of aromatic nitrogens is 2. The third-order valence-electron chi connectivity index (χ3n) is 5.86. The molecule has 36 heavy (non-hydrogen) atoms. The molecule has 4 rings (SSSR count). The van der Waals surface area contributed by atoms with E-state index in [1.165, 1.54) is 12.1 Å². The first kappa shape index (κ1) is 25.5. The molecular weight excluding hydrogens is 484 g/mol. The number of para-hydroxylation sites is 2. The lowest BCUT2D eigenvalue weighted by molar-refractivity contribution is -0.128. The number of carbonyl (C=O) groups is 2. The Morgan fingerprint density at radius 2 is 2.00 bits per heavy atom. The molecule has 0 aliphatic carbocycles. The topological polar surface area (TPSA) is 91.0 Å². The van der Waals surface area contributed by atoms with Crippen LogP contribution in [0, 0.1) is 16.7 Å². The Bertz CT molecular complexity index is 1360. The van der Waals surface area contributed by atoms with E-state index in [1.807, 2.05) is 55.7 Å². The lowest BCUT2D eigenvalue weighted by Gasteiger charge is -2.34. The molecule has 1 aromatic carbocycles. The van der Waals surface area contributed by atoms with Crippen LogP contribution >= 0.6 is 11.3 Å². The molecule has 3 aromatic rings. The van der Waals surface area contributed by atoms with Gasteiger partial charge in [-0.3, -0.25) is 14.9 Å². The van der Waals surface area contributed by atoms with Crippen molar-refractivity contribution in [3.63, 3.8) is 0 Å². The van der Waals surface area contributed by atoms with Crippen LogP contribution in [0.5, 0.6) is 0 Å². The molecule has 1 saturated heterocycles. The second-order valence-corrected chi connectivity index (χ2v) is 10.9. The van der Waals surface area contributed by atoms with Crippen molar-refractivity contribution in [1.29, 1.82) is 5.26 Å². The number of likely N-dealkylation sites (tertiary alicyclic amines) is 1. The second kappa shape index (κ2) is 10.2. The summed E-state index contributed by atoms with van der Waals surface area (Å²) in [4.78, 5) is 32.3. The van der Waals surface area contributed by atoms with Gasteiger partial charge in [-0.1, -0.05) is 39.0 Å². The van der Waals surface area contributed by atoms with Gasteiger partial charge >= 0.3 is 0 Å². The fourth-order valence-electron chi connectivity index (χ4n) is 4.35. The molecule has 1 aliphatic heterocycles. The van der Waals surface area contributed by atoms with Crippen molar-refractivity contribution >= 4 is 40.1 Å². The third-order valence-corrected chi connectivity index (χ3v) is 6.96. The molecule has 1 unspecified atom stereocenters. The minimum atomic E-state index is -2.64. The van der Waals surface area contributed by atoms with Crippen molar-refractivity contribution in [1.82, 2.24) is 14.5 Å². The highest BCUT2D eigenvalue weighted by Gasteiger charge is 2.30. The van der Waals surface area contributed by atoms with Crippen molar-refractivity contribution < 1.29 is 18.4 Å². The lowest BCUT2D eigenvalue weighted by atomic mass is 9.93. The van der Waals surface area contributed by atoms with Gasteiger partial charge in [-0.15, -0.1) is 11.3 Å². The maximum absolute atomic E-state index is 13.2. The van der Waals surface area contributed by atoms with E-state index in [0.29, 0.717) is 31.0 Å². The van der Waals surface area contributed by atoms with Crippen LogP contribution in [0.25, 0.3) is 11.0 Å². The van der Waals surface area contributed by atoms with Crippen LogP contribution in [0.1, 0.15) is 60.6 Å². The number of allylic oxidation sites excluding steroid dienone is 1. The highest BCUT2D eigenvalue weighted by atomic mass is 32.1. The number of anilines is 1. The Morgan fingerprint density at radius 1 is 1.25 bits per heavy atom. The number of hydrogen-bond donors (Lipinski definition) is 1. The molecule has 2 amide bonds. The first-order valence-corrected chi connectivity index (χ1v) is 12.5. The average Bonchev–Trinajstić information content (AvgIpc) is 3.47. The van der Waals surface area contributed by atoms with Gasteiger partial charge in [-0.2, -0.15) is 5.26 Å². The summed E-state index contributed by atoms with van der Waals surface area (Å²) in [6.45, 7) is 6.67. The molecule has 1 fully saturated rings. The summed E-state index contributed by atoms with van der Waals surface area (Å²) in [6, 6.07) is 11.9. The van der Waals surface area contributed by atoms with Gasteiger partial charge in [0.25, 0.3) is 18.2 Å². The highest BCUT2D eigenvalue weighted by molar-refractivity contribution is 7.14. The van der Waals surface area contributed by atoms with E-state index in [9.17, 15) is 23.6 Å². The van der Waals surface area contributed by atoms with Gasteiger partial charge < -0.3 is 9.47 Å². The van der Waals surface area contributed by atoms with E-state index < -0.39 is 12.3 Å². The number of piperidine rings is 1. The monoisotopic (exact) mass is 511 g/mol. The molecule has 2 aromatic heterocycles. The predicted octanol–water partition coefficient (Wildman–Crippen LogP) is 5.95. The summed E-state index contributed by atoms with van der Waals surface area (Å²) in [5, 5.41) is 12.4. The number of imidazole rings is 1. The van der Waals surface area contributed by atoms with E-state index in [0.717, 1.165) is 23.3 Å². The van der Waals surface area contributed by atoms with Crippen LogP contribution in [0.2, 0.25) is 0 Å². The molecular formula is C26H27F2N5O2S. The molecule has 0 bridgehead atoms. The number of nitrogens with zero attached hydrogens (tertiary/aromatic N) is 4. The number of rotatable bonds is 5. The summed E-state index contributed by atoms with van der Waals surface area (Å²) < 4.78 is 27.9. The van der Waals surface area contributed by atoms with E-state index in [1.54, 1.807) is 11.0 Å². The average molecular weight is 512 g/mol. The first-order chi connectivity index (χ1) is 17.1. The number of carbonyl (C=O) groups excluding carboxylic acids is 2. The summed E-state index contributed by atoms with van der Waals surface area (Å²) in [6.07, 6.45) is 0.503. The molecule has 10 heteroatoms. The quantitative estimate of drug-likeness (QED) is 0.339. The Kier molecular flexibility index (Phi) is 7.22. The molecule has 0 spiro atoms. The van der Waals surface area contributed by atoms with Gasteiger partial charge in [0.15, 0.2) is 0 Å². The highest BCUT2D eigenvalue weighted by Crippen LogP contribution is 2.32. The molecule has 188 valence electrons. The van der Waals surface area contributed by atoms with Crippen LogP contribution in [0.15, 0.2) is 48.0 Å². The van der Waals surface area contributed by atoms with Crippen molar-refractivity contribution in [3.8, 4) is 6.07 Å². The van der Waals surface area contributed by atoms with Crippen LogP contribution in [0.3, 0.4) is 0 Å².